The van der Waals surface area contributed by atoms with Crippen LogP contribution in [0.1, 0.15) is 30.9 Å². The summed E-state index contributed by atoms with van der Waals surface area (Å²) in [7, 11) is 5.67. The molecule has 2 aliphatic heterocycles. The van der Waals surface area contributed by atoms with E-state index in [0.717, 1.165) is 37.3 Å². The number of carbonyl (C=O) groups excluding carboxylic acids is 1. The van der Waals surface area contributed by atoms with E-state index in [2.05, 4.69) is 30.2 Å². The Morgan fingerprint density at radius 3 is 2.82 bits per heavy atom. The van der Waals surface area contributed by atoms with Crippen LogP contribution in [0.2, 0.25) is 0 Å². The molecule has 2 heterocycles. The number of piperidine rings is 1. The van der Waals surface area contributed by atoms with E-state index in [-0.39, 0.29) is 28.6 Å². The SMILES string of the molecule is COc1ccc2c3c1O[C@@H]1C34CCN(C)C(C2)[C@]42C=C[C@@]1(OC)[C@@H](C(C)=O)C2. The lowest BCUT2D eigenvalue weighted by Gasteiger charge is -2.70. The maximum absolute atomic E-state index is 12.8. The van der Waals surface area contributed by atoms with Crippen LogP contribution < -0.4 is 9.47 Å². The summed E-state index contributed by atoms with van der Waals surface area (Å²) in [6, 6.07) is 4.62. The fourth-order valence-electron chi connectivity index (χ4n) is 7.67. The fraction of sp³-hybridized carbons (Fsp3) is 0.609. The zero-order chi connectivity index (χ0) is 19.5. The van der Waals surface area contributed by atoms with E-state index in [9.17, 15) is 4.79 Å². The van der Waals surface area contributed by atoms with Gasteiger partial charge in [0.25, 0.3) is 0 Å². The molecule has 4 aliphatic carbocycles. The van der Waals surface area contributed by atoms with Gasteiger partial charge in [-0.25, -0.2) is 0 Å². The van der Waals surface area contributed by atoms with Gasteiger partial charge in [0, 0.05) is 24.1 Å². The first-order chi connectivity index (χ1) is 13.4. The van der Waals surface area contributed by atoms with Crippen molar-refractivity contribution in [2.75, 3.05) is 27.8 Å². The number of carbonyl (C=O) groups is 1. The Labute approximate surface area is 165 Å². The second-order valence-corrected chi connectivity index (χ2v) is 9.35. The summed E-state index contributed by atoms with van der Waals surface area (Å²) in [5, 5.41) is 0. The largest absolute Gasteiger partial charge is 0.493 e. The maximum atomic E-state index is 12.8. The summed E-state index contributed by atoms with van der Waals surface area (Å²) in [5.74, 6) is 1.68. The number of hydrogen-bond donors (Lipinski definition) is 0. The number of hydrogen-bond acceptors (Lipinski definition) is 5. The average Bonchev–Trinajstić information content (AvgIpc) is 3.07. The van der Waals surface area contributed by atoms with Crippen molar-refractivity contribution in [3.8, 4) is 11.5 Å². The van der Waals surface area contributed by atoms with Crippen LogP contribution in [0.5, 0.6) is 11.5 Å². The number of methoxy groups -OCH3 is 2. The van der Waals surface area contributed by atoms with Crippen molar-refractivity contribution in [1.29, 1.82) is 0 Å². The summed E-state index contributed by atoms with van der Waals surface area (Å²) in [5.41, 5.74) is 1.72. The summed E-state index contributed by atoms with van der Waals surface area (Å²) in [4.78, 5) is 15.3. The van der Waals surface area contributed by atoms with Crippen LogP contribution in [0.3, 0.4) is 0 Å². The molecule has 0 N–H and O–H groups in total. The molecule has 6 atom stereocenters. The molecular weight excluding hydrogens is 354 g/mol. The number of fused-ring (bicyclic) bond motifs is 1. The molecule has 5 nitrogen and oxygen atoms in total. The number of ketones is 1. The van der Waals surface area contributed by atoms with E-state index in [1.165, 1.54) is 11.1 Å². The lowest BCUT2D eigenvalue weighted by Crippen LogP contribution is -2.79. The molecule has 2 fully saturated rings. The number of nitrogens with zero attached hydrogens (tertiary/aromatic N) is 1. The lowest BCUT2D eigenvalue weighted by molar-refractivity contribution is -0.212. The minimum Gasteiger partial charge on any atom is -0.493 e. The van der Waals surface area contributed by atoms with E-state index in [4.69, 9.17) is 14.2 Å². The molecule has 2 spiro atoms. The Bertz CT molecular complexity index is 941. The van der Waals surface area contributed by atoms with Gasteiger partial charge in [-0.15, -0.1) is 0 Å². The van der Waals surface area contributed by atoms with Crippen molar-refractivity contribution in [3.63, 3.8) is 0 Å². The summed E-state index contributed by atoms with van der Waals surface area (Å²) < 4.78 is 18.7. The minimum atomic E-state index is -0.716. The van der Waals surface area contributed by atoms with Crippen LogP contribution in [0.4, 0.5) is 0 Å². The van der Waals surface area contributed by atoms with Gasteiger partial charge in [0.05, 0.1) is 18.4 Å². The highest BCUT2D eigenvalue weighted by Crippen LogP contribution is 2.74. The van der Waals surface area contributed by atoms with Gasteiger partial charge in [0.15, 0.2) is 11.5 Å². The van der Waals surface area contributed by atoms with Crippen molar-refractivity contribution < 1.29 is 19.0 Å². The highest BCUT2D eigenvalue weighted by molar-refractivity contribution is 5.82. The third kappa shape index (κ3) is 1.49. The molecule has 0 radical (unpaired) electrons. The molecule has 2 unspecified atom stereocenters. The Hall–Kier alpha value is -1.85. The van der Waals surface area contributed by atoms with E-state index in [1.807, 2.05) is 6.07 Å². The van der Waals surface area contributed by atoms with Gasteiger partial charge in [0.2, 0.25) is 0 Å². The molecule has 4 bridgehead atoms. The monoisotopic (exact) mass is 381 g/mol. The highest BCUT2D eigenvalue weighted by Gasteiger charge is 2.79. The van der Waals surface area contributed by atoms with Crippen LogP contribution in [0.25, 0.3) is 0 Å². The molecule has 6 aliphatic rings. The van der Waals surface area contributed by atoms with Crippen molar-refractivity contribution in [2.24, 2.45) is 11.3 Å². The second kappa shape index (κ2) is 5.00. The van der Waals surface area contributed by atoms with Gasteiger partial charge >= 0.3 is 0 Å². The quantitative estimate of drug-likeness (QED) is 0.753. The fourth-order valence-corrected chi connectivity index (χ4v) is 7.67. The van der Waals surface area contributed by atoms with E-state index in [1.54, 1.807) is 21.1 Å². The van der Waals surface area contributed by atoms with Crippen molar-refractivity contribution in [1.82, 2.24) is 4.90 Å². The van der Waals surface area contributed by atoms with Crippen LogP contribution >= 0.6 is 0 Å². The molecule has 0 amide bonds. The molecule has 1 aromatic rings. The van der Waals surface area contributed by atoms with Crippen LogP contribution in [0, 0.1) is 11.3 Å². The van der Waals surface area contributed by atoms with Gasteiger partial charge in [-0.05, 0) is 51.4 Å². The first-order valence-electron chi connectivity index (χ1n) is 10.3. The zero-order valence-corrected chi connectivity index (χ0v) is 17.0. The molecule has 28 heavy (non-hydrogen) atoms. The van der Waals surface area contributed by atoms with Crippen LogP contribution in [-0.2, 0) is 21.4 Å². The lowest BCUT2D eigenvalue weighted by atomic mass is 9.37. The molecule has 7 rings (SSSR count). The van der Waals surface area contributed by atoms with Gasteiger partial charge < -0.3 is 19.1 Å². The van der Waals surface area contributed by atoms with E-state index in [0.29, 0.717) is 6.04 Å². The molecule has 0 aromatic heterocycles. The summed E-state index contributed by atoms with van der Waals surface area (Å²) in [6.07, 6.45) is 7.19. The van der Waals surface area contributed by atoms with Crippen molar-refractivity contribution >= 4 is 5.78 Å². The molecule has 1 saturated carbocycles. The smallest absolute Gasteiger partial charge is 0.166 e. The number of benzene rings is 1. The van der Waals surface area contributed by atoms with Gasteiger partial charge in [-0.3, -0.25) is 4.79 Å². The predicted molar refractivity (Wildman–Crippen MR) is 104 cm³/mol. The van der Waals surface area contributed by atoms with Gasteiger partial charge in [0.1, 0.15) is 17.5 Å². The predicted octanol–water partition coefficient (Wildman–Crippen LogP) is 2.50. The van der Waals surface area contributed by atoms with E-state index < -0.39 is 5.60 Å². The molecule has 148 valence electrons. The number of ether oxygens (including phenoxy) is 3. The number of rotatable bonds is 3. The summed E-state index contributed by atoms with van der Waals surface area (Å²) in [6.45, 7) is 2.74. The topological polar surface area (TPSA) is 48.0 Å². The summed E-state index contributed by atoms with van der Waals surface area (Å²) >= 11 is 0. The molecular formula is C23H27NO4. The third-order valence-corrected chi connectivity index (χ3v) is 8.77. The maximum Gasteiger partial charge on any atom is 0.166 e. The van der Waals surface area contributed by atoms with Crippen molar-refractivity contribution in [2.45, 2.75) is 49.3 Å². The number of likely N-dealkylation sites (tertiary alicyclic amines) is 1. The number of Topliss-reactive ketones (excluding diaryl/α,β-unsaturated/α-hetero) is 1. The normalized spacial score (nSPS) is 44.2. The first kappa shape index (κ1) is 17.0. The third-order valence-electron chi connectivity index (χ3n) is 8.77. The van der Waals surface area contributed by atoms with Crippen molar-refractivity contribution in [3.05, 3.63) is 35.4 Å². The minimum absolute atomic E-state index is 0.105. The van der Waals surface area contributed by atoms with Gasteiger partial charge in [-0.2, -0.15) is 0 Å². The Kier molecular flexibility index (Phi) is 3.05. The number of likely N-dealkylation sites (N-methyl/N-ethyl adjacent to an activating group) is 1. The Morgan fingerprint density at radius 1 is 1.29 bits per heavy atom. The second-order valence-electron chi connectivity index (χ2n) is 9.35. The molecule has 1 saturated heterocycles. The highest BCUT2D eigenvalue weighted by atomic mass is 16.6. The van der Waals surface area contributed by atoms with Gasteiger partial charge in [-0.1, -0.05) is 18.2 Å². The average molecular weight is 381 g/mol. The zero-order valence-electron chi connectivity index (χ0n) is 17.0. The first-order valence-corrected chi connectivity index (χ1v) is 10.3. The Morgan fingerprint density at radius 2 is 2.11 bits per heavy atom. The standard InChI is InChI=1S/C23H27NO4/c1-13(25)15-12-21-7-8-23(15,27-4)20-22(21)9-10-24(2)17(21)11-14-5-6-16(26-3)19(28-20)18(14)22/h5-8,15,17,20H,9-12H2,1-4H3/t15-,17?,20-,21-,22?,23-/m1/s1. The van der Waals surface area contributed by atoms with E-state index >= 15 is 0 Å². The molecule has 5 heteroatoms. The molecule has 1 aromatic carbocycles. The van der Waals surface area contributed by atoms with Crippen LogP contribution in [0.15, 0.2) is 24.3 Å². The Balaban J connectivity index is 1.72. The van der Waals surface area contributed by atoms with Crippen LogP contribution in [-0.4, -0.2) is 56.2 Å².